The van der Waals surface area contributed by atoms with Crippen molar-refractivity contribution >= 4 is 5.91 Å². The van der Waals surface area contributed by atoms with Crippen molar-refractivity contribution in [3.8, 4) is 17.2 Å². The first kappa shape index (κ1) is 17.4. The van der Waals surface area contributed by atoms with Crippen LogP contribution in [0.2, 0.25) is 0 Å². The standard InChI is InChI=1S/C19H16N8O/c1-13-16(18(28)23-10-15-4-7-21-12-24-15)11-25-27(13)19-22-8-5-17(26-19)14-3-2-6-20-9-14/h2-9,11-12H,10H2,1H3,(H,23,28). The highest BCUT2D eigenvalue weighted by atomic mass is 16.1. The zero-order valence-corrected chi connectivity index (χ0v) is 15.0. The van der Waals surface area contributed by atoms with Crippen LogP contribution in [0.15, 0.2) is 61.6 Å². The van der Waals surface area contributed by atoms with Crippen molar-refractivity contribution in [1.29, 1.82) is 0 Å². The van der Waals surface area contributed by atoms with E-state index in [-0.39, 0.29) is 5.91 Å². The van der Waals surface area contributed by atoms with Crippen molar-refractivity contribution in [2.75, 3.05) is 0 Å². The van der Waals surface area contributed by atoms with Gasteiger partial charge in [-0.25, -0.2) is 24.6 Å². The predicted octanol–water partition coefficient (Wildman–Crippen LogP) is 1.75. The first-order chi connectivity index (χ1) is 13.7. The van der Waals surface area contributed by atoms with Crippen LogP contribution in [0.4, 0.5) is 0 Å². The molecule has 138 valence electrons. The van der Waals surface area contributed by atoms with Gasteiger partial charge < -0.3 is 5.32 Å². The summed E-state index contributed by atoms with van der Waals surface area (Å²) < 4.78 is 1.54. The van der Waals surface area contributed by atoms with Crippen LogP contribution >= 0.6 is 0 Å². The third-order valence-electron chi connectivity index (χ3n) is 4.12. The van der Waals surface area contributed by atoms with Gasteiger partial charge in [0.2, 0.25) is 0 Å². The molecule has 0 atom stereocenters. The fraction of sp³-hybridized carbons (Fsp3) is 0.105. The lowest BCUT2D eigenvalue weighted by atomic mass is 10.2. The van der Waals surface area contributed by atoms with E-state index in [0.29, 0.717) is 23.8 Å². The zero-order valence-electron chi connectivity index (χ0n) is 15.0. The third kappa shape index (κ3) is 3.58. The minimum atomic E-state index is -0.245. The Morgan fingerprint density at radius 3 is 2.79 bits per heavy atom. The zero-order chi connectivity index (χ0) is 19.3. The molecule has 4 aromatic rings. The average Bonchev–Trinajstić information content (AvgIpc) is 3.15. The number of nitrogens with one attached hydrogen (secondary N) is 1. The third-order valence-corrected chi connectivity index (χ3v) is 4.12. The molecule has 28 heavy (non-hydrogen) atoms. The Bertz CT molecular complexity index is 1100. The fourth-order valence-corrected chi connectivity index (χ4v) is 2.65. The average molecular weight is 372 g/mol. The Kier molecular flexibility index (Phi) is 4.79. The van der Waals surface area contributed by atoms with Crippen LogP contribution in [0, 0.1) is 6.92 Å². The van der Waals surface area contributed by atoms with Crippen molar-refractivity contribution in [3.63, 3.8) is 0 Å². The highest BCUT2D eigenvalue weighted by molar-refractivity contribution is 5.95. The lowest BCUT2D eigenvalue weighted by Gasteiger charge is -2.07. The second kappa shape index (κ2) is 7.70. The molecule has 0 aliphatic heterocycles. The van der Waals surface area contributed by atoms with E-state index in [1.807, 2.05) is 12.1 Å². The maximum Gasteiger partial charge on any atom is 0.255 e. The van der Waals surface area contributed by atoms with Gasteiger partial charge in [-0.3, -0.25) is 9.78 Å². The molecular formula is C19H16N8O. The number of carbonyl (C=O) groups is 1. The SMILES string of the molecule is Cc1c(C(=O)NCc2ccncn2)cnn1-c1nccc(-c2cccnc2)n1. The van der Waals surface area contributed by atoms with E-state index in [1.54, 1.807) is 48.5 Å². The van der Waals surface area contributed by atoms with Gasteiger partial charge in [0, 0.05) is 30.4 Å². The minimum absolute atomic E-state index is 0.245. The quantitative estimate of drug-likeness (QED) is 0.568. The van der Waals surface area contributed by atoms with Gasteiger partial charge in [0.25, 0.3) is 11.9 Å². The molecule has 4 heterocycles. The number of nitrogens with zero attached hydrogens (tertiary/aromatic N) is 7. The predicted molar refractivity (Wildman–Crippen MR) is 100 cm³/mol. The van der Waals surface area contributed by atoms with Crippen LogP contribution in [0.1, 0.15) is 21.7 Å². The topological polar surface area (TPSA) is 111 Å². The summed E-state index contributed by atoms with van der Waals surface area (Å²) in [5.74, 6) is 0.138. The summed E-state index contributed by atoms with van der Waals surface area (Å²) in [6.07, 6.45) is 9.66. The molecule has 0 bridgehead atoms. The molecule has 0 spiro atoms. The molecule has 9 heteroatoms. The summed E-state index contributed by atoms with van der Waals surface area (Å²) in [7, 11) is 0. The van der Waals surface area contributed by atoms with Gasteiger partial charge in [0.15, 0.2) is 0 Å². The smallest absolute Gasteiger partial charge is 0.255 e. The second-order valence-electron chi connectivity index (χ2n) is 5.92. The van der Waals surface area contributed by atoms with Gasteiger partial charge in [-0.05, 0) is 31.2 Å². The number of amides is 1. The van der Waals surface area contributed by atoms with Crippen LogP contribution < -0.4 is 5.32 Å². The van der Waals surface area contributed by atoms with Crippen molar-refractivity contribution < 1.29 is 4.79 Å². The molecule has 1 N–H and O–H groups in total. The van der Waals surface area contributed by atoms with Gasteiger partial charge in [-0.1, -0.05) is 0 Å². The van der Waals surface area contributed by atoms with Crippen molar-refractivity contribution in [3.05, 3.63) is 78.5 Å². The number of pyridine rings is 1. The van der Waals surface area contributed by atoms with E-state index in [9.17, 15) is 4.79 Å². The largest absolute Gasteiger partial charge is 0.346 e. The Balaban J connectivity index is 1.56. The van der Waals surface area contributed by atoms with E-state index >= 15 is 0 Å². The molecule has 0 radical (unpaired) electrons. The van der Waals surface area contributed by atoms with Crippen LogP contribution in [0.25, 0.3) is 17.2 Å². The summed E-state index contributed by atoms with van der Waals surface area (Å²) in [6, 6.07) is 7.31. The summed E-state index contributed by atoms with van der Waals surface area (Å²) in [5, 5.41) is 7.11. The van der Waals surface area contributed by atoms with Crippen molar-refractivity contribution in [2.24, 2.45) is 0 Å². The van der Waals surface area contributed by atoms with Gasteiger partial charge >= 0.3 is 0 Å². The minimum Gasteiger partial charge on any atom is -0.346 e. The molecule has 4 aromatic heterocycles. The lowest BCUT2D eigenvalue weighted by molar-refractivity contribution is 0.0949. The Morgan fingerprint density at radius 2 is 2.00 bits per heavy atom. The van der Waals surface area contributed by atoms with E-state index in [0.717, 1.165) is 17.0 Å². The van der Waals surface area contributed by atoms with Crippen LogP contribution in [-0.2, 0) is 6.54 Å². The molecule has 0 saturated carbocycles. The molecule has 0 saturated heterocycles. The first-order valence-corrected chi connectivity index (χ1v) is 8.54. The van der Waals surface area contributed by atoms with E-state index in [1.165, 1.54) is 12.5 Å². The number of hydrogen-bond donors (Lipinski definition) is 1. The number of rotatable bonds is 5. The van der Waals surface area contributed by atoms with Crippen LogP contribution in [-0.4, -0.2) is 40.6 Å². The highest BCUT2D eigenvalue weighted by Gasteiger charge is 2.17. The molecule has 0 fully saturated rings. The van der Waals surface area contributed by atoms with Gasteiger partial charge in [-0.15, -0.1) is 0 Å². The number of aromatic nitrogens is 7. The van der Waals surface area contributed by atoms with E-state index in [4.69, 9.17) is 0 Å². The molecule has 0 aliphatic rings. The molecule has 0 aliphatic carbocycles. The van der Waals surface area contributed by atoms with E-state index in [2.05, 4.69) is 35.3 Å². The summed E-state index contributed by atoms with van der Waals surface area (Å²) >= 11 is 0. The second-order valence-corrected chi connectivity index (χ2v) is 5.92. The van der Waals surface area contributed by atoms with Gasteiger partial charge in [0.1, 0.15) is 6.33 Å². The Morgan fingerprint density at radius 1 is 1.07 bits per heavy atom. The normalized spacial score (nSPS) is 10.6. The maximum absolute atomic E-state index is 12.5. The summed E-state index contributed by atoms with van der Waals surface area (Å²) in [5.41, 5.74) is 3.41. The lowest BCUT2D eigenvalue weighted by Crippen LogP contribution is -2.23. The summed E-state index contributed by atoms with van der Waals surface area (Å²) in [6.45, 7) is 2.10. The molecule has 0 unspecified atom stereocenters. The van der Waals surface area contributed by atoms with Crippen LogP contribution in [0.3, 0.4) is 0 Å². The number of hydrogen-bond acceptors (Lipinski definition) is 7. The molecule has 1 amide bonds. The van der Waals surface area contributed by atoms with Gasteiger partial charge in [0.05, 0.1) is 35.4 Å². The summed E-state index contributed by atoms with van der Waals surface area (Å²) in [4.78, 5) is 33.4. The van der Waals surface area contributed by atoms with E-state index < -0.39 is 0 Å². The van der Waals surface area contributed by atoms with Crippen molar-refractivity contribution in [1.82, 2.24) is 40.0 Å². The molecule has 0 aromatic carbocycles. The monoisotopic (exact) mass is 372 g/mol. The van der Waals surface area contributed by atoms with Gasteiger partial charge in [-0.2, -0.15) is 5.10 Å². The Hall–Kier alpha value is -4.01. The molecule has 4 rings (SSSR count). The molecular weight excluding hydrogens is 356 g/mol. The van der Waals surface area contributed by atoms with Crippen molar-refractivity contribution in [2.45, 2.75) is 13.5 Å². The maximum atomic E-state index is 12.5. The Labute approximate surface area is 160 Å². The fourth-order valence-electron chi connectivity index (χ4n) is 2.65. The number of carbonyl (C=O) groups excluding carboxylic acids is 1. The van der Waals surface area contributed by atoms with Crippen LogP contribution in [0.5, 0.6) is 0 Å². The molecule has 9 nitrogen and oxygen atoms in total. The highest BCUT2D eigenvalue weighted by Crippen LogP contribution is 2.17. The first-order valence-electron chi connectivity index (χ1n) is 8.54.